The van der Waals surface area contributed by atoms with Gasteiger partial charge in [-0.3, -0.25) is 0 Å². The average molecular weight is 428 g/mol. The van der Waals surface area contributed by atoms with Gasteiger partial charge in [0.25, 0.3) is 0 Å². The number of ether oxygens (including phenoxy) is 2. The molecule has 30 heavy (non-hydrogen) atoms. The van der Waals surface area contributed by atoms with Crippen LogP contribution in [0, 0.1) is 12.7 Å². The summed E-state index contributed by atoms with van der Waals surface area (Å²) in [6.45, 7) is 6.18. The van der Waals surface area contributed by atoms with Gasteiger partial charge in [0.1, 0.15) is 12.4 Å². The predicted octanol–water partition coefficient (Wildman–Crippen LogP) is 6.10. The molecule has 0 aliphatic rings. The van der Waals surface area contributed by atoms with Crippen molar-refractivity contribution in [3.05, 3.63) is 93.8 Å². The molecule has 0 unspecified atom stereocenters. The third-order valence-corrected chi connectivity index (χ3v) is 4.97. The lowest BCUT2D eigenvalue weighted by Gasteiger charge is -2.16. The highest BCUT2D eigenvalue weighted by atomic mass is 35.5. The second kappa shape index (κ2) is 11.0. The Kier molecular flexibility index (Phi) is 8.12. The molecule has 0 heterocycles. The van der Waals surface area contributed by atoms with Crippen LogP contribution in [-0.2, 0) is 19.6 Å². The molecule has 0 bridgehead atoms. The molecule has 0 aromatic heterocycles. The van der Waals surface area contributed by atoms with Gasteiger partial charge in [-0.05, 0) is 61.7 Å². The van der Waals surface area contributed by atoms with E-state index in [4.69, 9.17) is 21.1 Å². The van der Waals surface area contributed by atoms with Crippen molar-refractivity contribution in [1.29, 1.82) is 0 Å². The minimum atomic E-state index is -0.170. The van der Waals surface area contributed by atoms with Gasteiger partial charge in [0.15, 0.2) is 11.5 Å². The monoisotopic (exact) mass is 427 g/mol. The van der Waals surface area contributed by atoms with Crippen molar-refractivity contribution in [3.8, 4) is 11.5 Å². The lowest BCUT2D eigenvalue weighted by molar-refractivity contribution is 0.269. The molecule has 0 saturated carbocycles. The number of nitrogens with one attached hydrogen (secondary N) is 1. The van der Waals surface area contributed by atoms with E-state index < -0.39 is 0 Å². The van der Waals surface area contributed by atoms with Crippen LogP contribution in [0.5, 0.6) is 11.5 Å². The fourth-order valence-electron chi connectivity index (χ4n) is 3.24. The van der Waals surface area contributed by atoms with Crippen LogP contribution in [0.4, 0.5) is 4.39 Å². The van der Waals surface area contributed by atoms with E-state index >= 15 is 0 Å². The average Bonchev–Trinajstić information content (AvgIpc) is 2.72. The van der Waals surface area contributed by atoms with E-state index in [9.17, 15) is 4.39 Å². The maximum Gasteiger partial charge on any atom is 0.180 e. The number of hydrogen-bond acceptors (Lipinski definition) is 3. The van der Waals surface area contributed by atoms with Gasteiger partial charge in [0.2, 0.25) is 0 Å². The first-order valence-electron chi connectivity index (χ1n) is 10.1. The first kappa shape index (κ1) is 22.1. The molecule has 0 saturated heterocycles. The van der Waals surface area contributed by atoms with Crippen LogP contribution in [0.2, 0.25) is 5.02 Å². The number of hydrogen-bond donors (Lipinski definition) is 1. The topological polar surface area (TPSA) is 30.5 Å². The molecule has 3 aromatic carbocycles. The Balaban J connectivity index is 1.62. The van der Waals surface area contributed by atoms with Gasteiger partial charge >= 0.3 is 0 Å². The molecular formula is C25H27ClFNO2. The minimum Gasteiger partial charge on any atom is -0.490 e. The van der Waals surface area contributed by atoms with Crippen LogP contribution in [0.3, 0.4) is 0 Å². The van der Waals surface area contributed by atoms with Crippen molar-refractivity contribution in [2.45, 2.75) is 33.4 Å². The molecule has 0 fully saturated rings. The second-order valence-electron chi connectivity index (χ2n) is 7.13. The highest BCUT2D eigenvalue weighted by Gasteiger charge is 2.13. The molecular weight excluding hydrogens is 401 g/mol. The lowest BCUT2D eigenvalue weighted by atomic mass is 10.1. The van der Waals surface area contributed by atoms with Gasteiger partial charge in [0.05, 0.1) is 11.6 Å². The predicted molar refractivity (Wildman–Crippen MR) is 120 cm³/mol. The van der Waals surface area contributed by atoms with Gasteiger partial charge in [-0.2, -0.15) is 0 Å². The summed E-state index contributed by atoms with van der Waals surface area (Å²) in [4.78, 5) is 0. The first-order valence-corrected chi connectivity index (χ1v) is 10.5. The van der Waals surface area contributed by atoms with Gasteiger partial charge in [-0.1, -0.05) is 59.6 Å². The van der Waals surface area contributed by atoms with Crippen molar-refractivity contribution in [1.82, 2.24) is 5.32 Å². The second-order valence-corrected chi connectivity index (χ2v) is 7.54. The summed E-state index contributed by atoms with van der Waals surface area (Å²) in [5.74, 6) is 1.01. The van der Waals surface area contributed by atoms with E-state index in [0.29, 0.717) is 54.8 Å². The Labute approximate surface area is 182 Å². The normalized spacial score (nSPS) is 10.8. The van der Waals surface area contributed by atoms with E-state index in [1.807, 2.05) is 37.3 Å². The molecule has 0 aliphatic carbocycles. The highest BCUT2D eigenvalue weighted by Crippen LogP contribution is 2.37. The summed E-state index contributed by atoms with van der Waals surface area (Å²) in [6.07, 6.45) is 0.621. The van der Waals surface area contributed by atoms with Crippen LogP contribution in [0.25, 0.3) is 0 Å². The largest absolute Gasteiger partial charge is 0.490 e. The van der Waals surface area contributed by atoms with Gasteiger partial charge < -0.3 is 14.8 Å². The molecule has 158 valence electrons. The smallest absolute Gasteiger partial charge is 0.180 e. The number of halogens is 2. The zero-order valence-electron chi connectivity index (χ0n) is 17.4. The Hall–Kier alpha value is -2.56. The quantitative estimate of drug-likeness (QED) is 0.397. The first-order chi connectivity index (χ1) is 14.6. The maximum atomic E-state index is 13.7. The fraction of sp³-hybridized carbons (Fsp3) is 0.280. The summed E-state index contributed by atoms with van der Waals surface area (Å²) in [5.41, 5.74) is 3.95. The Bertz CT molecular complexity index is 977. The standard InChI is InChI=1S/C25H27ClFNO2/c1-3-29-24-15-20(16-28-12-11-21-9-4-5-10-23(21)27)14-22(26)25(24)30-17-19-8-6-7-18(2)13-19/h4-10,13-15,28H,3,11-12,16-17H2,1-2H3. The van der Waals surface area contributed by atoms with Crippen molar-refractivity contribution in [3.63, 3.8) is 0 Å². The molecule has 0 atom stereocenters. The van der Waals surface area contributed by atoms with Crippen LogP contribution < -0.4 is 14.8 Å². The maximum absolute atomic E-state index is 13.7. The van der Waals surface area contributed by atoms with Gasteiger partial charge in [0, 0.05) is 6.54 Å². The zero-order valence-corrected chi connectivity index (χ0v) is 18.1. The molecule has 3 aromatic rings. The molecule has 0 amide bonds. The van der Waals surface area contributed by atoms with E-state index in [0.717, 1.165) is 11.1 Å². The van der Waals surface area contributed by atoms with Crippen LogP contribution in [-0.4, -0.2) is 13.2 Å². The summed E-state index contributed by atoms with van der Waals surface area (Å²) in [7, 11) is 0. The molecule has 5 heteroatoms. The highest BCUT2D eigenvalue weighted by molar-refractivity contribution is 6.32. The summed E-state index contributed by atoms with van der Waals surface area (Å²) < 4.78 is 25.5. The van der Waals surface area contributed by atoms with Gasteiger partial charge in [-0.15, -0.1) is 0 Å². The molecule has 3 rings (SSSR count). The third kappa shape index (κ3) is 6.22. The fourth-order valence-corrected chi connectivity index (χ4v) is 3.53. The SMILES string of the molecule is CCOc1cc(CNCCc2ccccc2F)cc(Cl)c1OCc1cccc(C)c1. The van der Waals surface area contributed by atoms with E-state index in [-0.39, 0.29) is 5.82 Å². The zero-order chi connectivity index (χ0) is 21.3. The van der Waals surface area contributed by atoms with Crippen LogP contribution in [0.1, 0.15) is 29.2 Å². The van der Waals surface area contributed by atoms with Gasteiger partial charge in [-0.25, -0.2) is 4.39 Å². The van der Waals surface area contributed by atoms with E-state index in [2.05, 4.69) is 24.4 Å². The number of aryl methyl sites for hydroxylation is 1. The molecule has 3 nitrogen and oxygen atoms in total. The van der Waals surface area contributed by atoms with Crippen LogP contribution >= 0.6 is 11.6 Å². The lowest BCUT2D eigenvalue weighted by Crippen LogP contribution is -2.17. The molecule has 1 N–H and O–H groups in total. The third-order valence-electron chi connectivity index (χ3n) is 4.69. The number of rotatable bonds is 10. The summed E-state index contributed by atoms with van der Waals surface area (Å²) in [5, 5.41) is 3.85. The van der Waals surface area contributed by atoms with Crippen molar-refractivity contribution < 1.29 is 13.9 Å². The Morgan fingerprint density at radius 2 is 1.80 bits per heavy atom. The number of benzene rings is 3. The Morgan fingerprint density at radius 1 is 0.967 bits per heavy atom. The van der Waals surface area contributed by atoms with Crippen molar-refractivity contribution in [2.75, 3.05) is 13.2 Å². The summed E-state index contributed by atoms with van der Waals surface area (Å²) in [6, 6.07) is 18.8. The summed E-state index contributed by atoms with van der Waals surface area (Å²) >= 11 is 6.51. The van der Waals surface area contributed by atoms with Crippen molar-refractivity contribution >= 4 is 11.6 Å². The van der Waals surface area contributed by atoms with Crippen molar-refractivity contribution in [2.24, 2.45) is 0 Å². The molecule has 0 radical (unpaired) electrons. The van der Waals surface area contributed by atoms with E-state index in [1.54, 1.807) is 12.1 Å². The molecule has 0 aliphatic heterocycles. The van der Waals surface area contributed by atoms with Crippen LogP contribution in [0.15, 0.2) is 60.7 Å². The minimum absolute atomic E-state index is 0.170. The Morgan fingerprint density at radius 3 is 2.57 bits per heavy atom. The van der Waals surface area contributed by atoms with E-state index in [1.165, 1.54) is 11.6 Å². The molecule has 0 spiro atoms.